The molecule has 0 bridgehead atoms. The van der Waals surface area contributed by atoms with Crippen LogP contribution in [-0.2, 0) is 28.6 Å². The molecule has 0 spiro atoms. The molecular weight excluding hydrogens is 805 g/mol. The van der Waals surface area contributed by atoms with E-state index in [1.165, 1.54) is 218 Å². The van der Waals surface area contributed by atoms with Gasteiger partial charge in [-0.3, -0.25) is 14.4 Å². The standard InChI is InChI=1S/C59H110O6/c1-4-7-10-13-16-19-22-24-26-28-29-31-33-35-38-41-44-47-50-53-59(62)65-56(54-63-57(60)51-48-45-42-39-36-21-18-15-12-9-6-3)55-64-58(61)52-49-46-43-40-37-34-32-30-27-25-23-20-17-14-11-8-5-2/h24-27,56H,4-23,28-55H2,1-3H3/b26-24-,27-25-/t56-/m0/s1. The van der Waals surface area contributed by atoms with Crippen molar-refractivity contribution in [1.29, 1.82) is 0 Å². The zero-order chi connectivity index (χ0) is 47.2. The molecule has 0 radical (unpaired) electrons. The summed E-state index contributed by atoms with van der Waals surface area (Å²) in [6.45, 7) is 6.66. The number of esters is 3. The molecule has 6 heteroatoms. The Labute approximate surface area is 404 Å². The van der Waals surface area contributed by atoms with Crippen LogP contribution in [0.5, 0.6) is 0 Å². The first-order valence-corrected chi connectivity index (χ1v) is 28.8. The molecule has 0 unspecified atom stereocenters. The monoisotopic (exact) mass is 915 g/mol. The number of carbonyl (C=O) groups excluding carboxylic acids is 3. The summed E-state index contributed by atoms with van der Waals surface area (Å²) in [5.74, 6) is -0.858. The van der Waals surface area contributed by atoms with Gasteiger partial charge in [0.15, 0.2) is 6.10 Å². The molecule has 0 aromatic carbocycles. The van der Waals surface area contributed by atoms with Gasteiger partial charge in [-0.15, -0.1) is 0 Å². The van der Waals surface area contributed by atoms with E-state index in [-0.39, 0.29) is 31.1 Å². The topological polar surface area (TPSA) is 78.9 Å². The summed E-state index contributed by atoms with van der Waals surface area (Å²) < 4.78 is 16.9. The van der Waals surface area contributed by atoms with Crippen LogP contribution in [0.1, 0.15) is 316 Å². The van der Waals surface area contributed by atoms with E-state index in [9.17, 15) is 14.4 Å². The number of rotatable bonds is 53. The second-order valence-electron chi connectivity index (χ2n) is 19.6. The number of carbonyl (C=O) groups is 3. The van der Waals surface area contributed by atoms with Crippen LogP contribution in [0.4, 0.5) is 0 Å². The Bertz CT molecular complexity index is 1050. The lowest BCUT2D eigenvalue weighted by Gasteiger charge is -2.18. The van der Waals surface area contributed by atoms with E-state index in [1.54, 1.807) is 0 Å². The van der Waals surface area contributed by atoms with Crippen molar-refractivity contribution in [1.82, 2.24) is 0 Å². The van der Waals surface area contributed by atoms with Crippen molar-refractivity contribution in [3.63, 3.8) is 0 Å². The highest BCUT2D eigenvalue weighted by atomic mass is 16.6. The first-order valence-electron chi connectivity index (χ1n) is 28.8. The van der Waals surface area contributed by atoms with Crippen molar-refractivity contribution in [3.8, 4) is 0 Å². The average molecular weight is 916 g/mol. The number of allylic oxidation sites excluding steroid dienone is 4. The van der Waals surface area contributed by atoms with Gasteiger partial charge >= 0.3 is 17.9 Å². The predicted molar refractivity (Wildman–Crippen MR) is 279 cm³/mol. The molecule has 0 aliphatic heterocycles. The normalized spacial score (nSPS) is 12.1. The van der Waals surface area contributed by atoms with Crippen molar-refractivity contribution >= 4 is 17.9 Å². The van der Waals surface area contributed by atoms with E-state index in [4.69, 9.17) is 14.2 Å². The van der Waals surface area contributed by atoms with Gasteiger partial charge in [-0.2, -0.15) is 0 Å². The molecule has 0 N–H and O–H groups in total. The SMILES string of the molecule is CCCCCCCC/C=C\CCCCCCCCCCCC(=O)O[C@H](COC(=O)CCCCCCCCC/C=C\CCCCCCCC)COC(=O)CCCCCCCCCCCCC. The summed E-state index contributed by atoms with van der Waals surface area (Å²) in [5.41, 5.74) is 0. The number of ether oxygens (including phenoxy) is 3. The van der Waals surface area contributed by atoms with Crippen LogP contribution < -0.4 is 0 Å². The molecule has 0 amide bonds. The summed E-state index contributed by atoms with van der Waals surface area (Å²) in [6.07, 6.45) is 63.1. The highest BCUT2D eigenvalue weighted by Gasteiger charge is 2.19. The molecule has 0 fully saturated rings. The Morgan fingerprint density at radius 1 is 0.292 bits per heavy atom. The maximum Gasteiger partial charge on any atom is 0.306 e. The summed E-state index contributed by atoms with van der Waals surface area (Å²) in [4.78, 5) is 38.1. The van der Waals surface area contributed by atoms with Gasteiger partial charge < -0.3 is 14.2 Å². The Hall–Kier alpha value is -2.11. The molecule has 0 saturated carbocycles. The van der Waals surface area contributed by atoms with Crippen LogP contribution in [0.3, 0.4) is 0 Å². The molecule has 65 heavy (non-hydrogen) atoms. The van der Waals surface area contributed by atoms with Crippen molar-refractivity contribution in [2.75, 3.05) is 13.2 Å². The van der Waals surface area contributed by atoms with E-state index >= 15 is 0 Å². The van der Waals surface area contributed by atoms with Crippen molar-refractivity contribution in [2.24, 2.45) is 0 Å². The van der Waals surface area contributed by atoms with Crippen molar-refractivity contribution in [3.05, 3.63) is 24.3 Å². The average Bonchev–Trinajstić information content (AvgIpc) is 3.30. The fourth-order valence-corrected chi connectivity index (χ4v) is 8.55. The van der Waals surface area contributed by atoms with Gasteiger partial charge in [0.25, 0.3) is 0 Å². The van der Waals surface area contributed by atoms with Crippen LogP contribution in [-0.4, -0.2) is 37.2 Å². The van der Waals surface area contributed by atoms with Crippen LogP contribution in [0.25, 0.3) is 0 Å². The third kappa shape index (κ3) is 52.7. The van der Waals surface area contributed by atoms with Crippen LogP contribution in [0, 0.1) is 0 Å². The minimum absolute atomic E-state index is 0.0692. The molecule has 0 aliphatic rings. The Morgan fingerprint density at radius 2 is 0.508 bits per heavy atom. The summed E-state index contributed by atoms with van der Waals surface area (Å²) in [6, 6.07) is 0. The molecular formula is C59H110O6. The van der Waals surface area contributed by atoms with E-state index in [2.05, 4.69) is 45.1 Å². The lowest BCUT2D eigenvalue weighted by Crippen LogP contribution is -2.30. The molecule has 382 valence electrons. The fraction of sp³-hybridized carbons (Fsp3) is 0.881. The second-order valence-corrected chi connectivity index (χ2v) is 19.6. The Morgan fingerprint density at radius 3 is 0.769 bits per heavy atom. The lowest BCUT2D eigenvalue weighted by atomic mass is 10.1. The summed E-state index contributed by atoms with van der Waals surface area (Å²) in [5, 5.41) is 0. The van der Waals surface area contributed by atoms with Crippen LogP contribution in [0.2, 0.25) is 0 Å². The highest BCUT2D eigenvalue weighted by Crippen LogP contribution is 2.16. The van der Waals surface area contributed by atoms with Crippen molar-refractivity contribution in [2.45, 2.75) is 322 Å². The first-order chi connectivity index (χ1) is 32.0. The van der Waals surface area contributed by atoms with E-state index in [0.717, 1.165) is 57.8 Å². The quantitative estimate of drug-likeness (QED) is 0.0262. The molecule has 0 heterocycles. The Kier molecular flexibility index (Phi) is 52.7. The summed E-state index contributed by atoms with van der Waals surface area (Å²) in [7, 11) is 0. The number of unbranched alkanes of at least 4 members (excludes halogenated alkanes) is 38. The number of hydrogen-bond acceptors (Lipinski definition) is 6. The predicted octanol–water partition coefficient (Wildman–Crippen LogP) is 19.1. The molecule has 6 nitrogen and oxygen atoms in total. The van der Waals surface area contributed by atoms with Crippen molar-refractivity contribution < 1.29 is 28.6 Å². The third-order valence-corrected chi connectivity index (χ3v) is 12.9. The van der Waals surface area contributed by atoms with Gasteiger partial charge in [0, 0.05) is 19.3 Å². The molecule has 0 saturated heterocycles. The van der Waals surface area contributed by atoms with Crippen LogP contribution >= 0.6 is 0 Å². The maximum absolute atomic E-state index is 12.8. The van der Waals surface area contributed by atoms with Gasteiger partial charge in [0.1, 0.15) is 13.2 Å². The van der Waals surface area contributed by atoms with Gasteiger partial charge in [0.05, 0.1) is 0 Å². The summed E-state index contributed by atoms with van der Waals surface area (Å²) >= 11 is 0. The fourth-order valence-electron chi connectivity index (χ4n) is 8.55. The zero-order valence-corrected chi connectivity index (χ0v) is 43.8. The van der Waals surface area contributed by atoms with Gasteiger partial charge in [-0.25, -0.2) is 0 Å². The minimum atomic E-state index is -0.770. The van der Waals surface area contributed by atoms with Gasteiger partial charge in [-0.1, -0.05) is 251 Å². The largest absolute Gasteiger partial charge is 0.462 e. The molecule has 1 atom stereocenters. The number of hydrogen-bond donors (Lipinski definition) is 0. The smallest absolute Gasteiger partial charge is 0.306 e. The minimum Gasteiger partial charge on any atom is -0.462 e. The molecule has 0 aromatic rings. The maximum atomic E-state index is 12.8. The van der Waals surface area contributed by atoms with E-state index in [0.29, 0.717) is 19.3 Å². The second kappa shape index (κ2) is 54.5. The van der Waals surface area contributed by atoms with Gasteiger partial charge in [0.2, 0.25) is 0 Å². The molecule has 0 rings (SSSR count). The Balaban J connectivity index is 4.30. The highest BCUT2D eigenvalue weighted by molar-refractivity contribution is 5.71. The molecule has 0 aromatic heterocycles. The van der Waals surface area contributed by atoms with E-state index < -0.39 is 6.10 Å². The van der Waals surface area contributed by atoms with E-state index in [1.807, 2.05) is 0 Å². The first kappa shape index (κ1) is 62.9. The third-order valence-electron chi connectivity index (χ3n) is 12.9. The zero-order valence-electron chi connectivity index (χ0n) is 43.8. The van der Waals surface area contributed by atoms with Gasteiger partial charge in [-0.05, 0) is 70.6 Å². The lowest BCUT2D eigenvalue weighted by molar-refractivity contribution is -0.167. The van der Waals surface area contributed by atoms with Crippen LogP contribution in [0.15, 0.2) is 24.3 Å². The molecule has 0 aliphatic carbocycles.